The van der Waals surface area contributed by atoms with Gasteiger partial charge in [0.1, 0.15) is 16.7 Å². The maximum Gasteiger partial charge on any atom is 0.238 e. The van der Waals surface area contributed by atoms with Gasteiger partial charge in [0, 0.05) is 48.7 Å². The molecule has 0 unspecified atom stereocenters. The van der Waals surface area contributed by atoms with Gasteiger partial charge in [-0.3, -0.25) is 4.57 Å². The number of furan rings is 2. The van der Waals surface area contributed by atoms with Crippen LogP contribution in [-0.2, 0) is 0 Å². The van der Waals surface area contributed by atoms with Gasteiger partial charge in [-0.25, -0.2) is 4.98 Å². The number of hydrogen-bond donors (Lipinski definition) is 0. The summed E-state index contributed by atoms with van der Waals surface area (Å²) in [5.74, 6) is 1.55. The fraction of sp³-hybridized carbons (Fsp3) is 0. The van der Waals surface area contributed by atoms with Crippen LogP contribution >= 0.6 is 0 Å². The lowest BCUT2D eigenvalue weighted by Gasteiger charge is -2.13. The molecule has 9 aromatic carbocycles. The van der Waals surface area contributed by atoms with Crippen molar-refractivity contribution in [2.45, 2.75) is 0 Å². The third-order valence-electron chi connectivity index (χ3n) is 12.5. The van der Waals surface area contributed by atoms with Gasteiger partial charge in [-0.1, -0.05) is 127 Å². The minimum atomic E-state index is 0.512. The maximum absolute atomic E-state index is 6.84. The van der Waals surface area contributed by atoms with Gasteiger partial charge in [0.15, 0.2) is 17.2 Å². The summed E-state index contributed by atoms with van der Waals surface area (Å²) < 4.78 is 17.9. The minimum absolute atomic E-state index is 0.512. The van der Waals surface area contributed by atoms with Crippen molar-refractivity contribution in [1.82, 2.24) is 24.1 Å². The van der Waals surface area contributed by atoms with E-state index in [1.807, 2.05) is 36.4 Å². The zero-order valence-corrected chi connectivity index (χ0v) is 33.0. The predicted octanol–water partition coefficient (Wildman–Crippen LogP) is 14.4. The van der Waals surface area contributed by atoms with E-state index in [1.165, 1.54) is 16.2 Å². The summed E-state index contributed by atoms with van der Waals surface area (Å²) in [4.78, 5) is 16.1. The molecule has 0 saturated carbocycles. The summed E-state index contributed by atoms with van der Waals surface area (Å²) >= 11 is 0. The molecular weight excluding hydrogens is 763 g/mol. The minimum Gasteiger partial charge on any atom is -0.455 e. The monoisotopic (exact) mass is 793 g/mol. The topological polar surface area (TPSA) is 74.8 Å². The average molecular weight is 794 g/mol. The van der Waals surface area contributed by atoms with E-state index >= 15 is 0 Å². The van der Waals surface area contributed by atoms with Crippen LogP contribution in [0, 0.1) is 0 Å². The molecule has 7 nitrogen and oxygen atoms in total. The van der Waals surface area contributed by atoms with Crippen LogP contribution in [0.2, 0.25) is 0 Å². The molecule has 0 amide bonds. The molecule has 0 N–H and O–H groups in total. The number of rotatable bonds is 4. The van der Waals surface area contributed by atoms with Crippen LogP contribution < -0.4 is 0 Å². The second-order valence-electron chi connectivity index (χ2n) is 16.0. The molecule has 5 heterocycles. The van der Waals surface area contributed by atoms with E-state index in [-0.39, 0.29) is 0 Å². The maximum atomic E-state index is 6.84. The molecule has 0 radical (unpaired) electrons. The molecule has 0 aliphatic heterocycles. The highest BCUT2D eigenvalue weighted by molar-refractivity contribution is 6.16. The third kappa shape index (κ3) is 4.67. The van der Waals surface area contributed by atoms with Gasteiger partial charge in [-0.2, -0.15) is 9.97 Å². The lowest BCUT2D eigenvalue weighted by Crippen LogP contribution is -2.07. The molecule has 0 saturated heterocycles. The molecule has 0 spiro atoms. The SMILES string of the molecule is c1ccc2cc3c(cc2c1)c1ccccc1n3-c1cc(-c2nc(-c3cccc4c3oc3ccccc34)nc(-n3c4ccccc4c4ccccc43)n2)cc2c1oc1ccccc12. The number of benzene rings is 9. The van der Waals surface area contributed by atoms with Gasteiger partial charge < -0.3 is 13.4 Å². The first-order valence-electron chi connectivity index (χ1n) is 20.8. The highest BCUT2D eigenvalue weighted by Gasteiger charge is 2.24. The number of fused-ring (bicyclic) bond motifs is 13. The van der Waals surface area contributed by atoms with Gasteiger partial charge in [-0.15, -0.1) is 0 Å². The number of para-hydroxylation sites is 6. The summed E-state index contributed by atoms with van der Waals surface area (Å²) in [6.45, 7) is 0. The van der Waals surface area contributed by atoms with Crippen molar-refractivity contribution < 1.29 is 8.83 Å². The molecule has 7 heteroatoms. The Labute approximate surface area is 352 Å². The van der Waals surface area contributed by atoms with E-state index in [0.29, 0.717) is 17.6 Å². The van der Waals surface area contributed by atoms with Gasteiger partial charge in [0.25, 0.3) is 0 Å². The average Bonchev–Trinajstić information content (AvgIpc) is 4.08. The van der Waals surface area contributed by atoms with E-state index in [2.05, 4.69) is 161 Å². The second-order valence-corrected chi connectivity index (χ2v) is 16.0. The van der Waals surface area contributed by atoms with Crippen molar-refractivity contribution in [2.24, 2.45) is 0 Å². The number of nitrogens with zero attached hydrogens (tertiary/aromatic N) is 5. The number of aromatic nitrogens is 5. The Bertz CT molecular complexity index is 4130. The van der Waals surface area contributed by atoms with Crippen molar-refractivity contribution in [3.63, 3.8) is 0 Å². The summed E-state index contributed by atoms with van der Waals surface area (Å²) in [6, 6.07) is 65.5. The zero-order chi connectivity index (χ0) is 40.5. The first-order chi connectivity index (χ1) is 30.7. The van der Waals surface area contributed by atoms with Crippen LogP contribution in [0.25, 0.3) is 133 Å². The molecular formula is C55H31N5O2. The molecule has 0 atom stereocenters. The van der Waals surface area contributed by atoms with Crippen LogP contribution in [0.15, 0.2) is 197 Å². The normalized spacial score (nSPS) is 12.2. The molecule has 62 heavy (non-hydrogen) atoms. The summed E-state index contributed by atoms with van der Waals surface area (Å²) in [5.41, 5.74) is 9.83. The Morgan fingerprint density at radius 2 is 0.871 bits per heavy atom. The third-order valence-corrected chi connectivity index (χ3v) is 12.5. The summed E-state index contributed by atoms with van der Waals surface area (Å²) in [5, 5.41) is 11.0. The van der Waals surface area contributed by atoms with Crippen molar-refractivity contribution in [2.75, 3.05) is 0 Å². The second kappa shape index (κ2) is 12.5. The largest absolute Gasteiger partial charge is 0.455 e. The fourth-order valence-electron chi connectivity index (χ4n) is 9.79. The van der Waals surface area contributed by atoms with E-state index in [4.69, 9.17) is 23.8 Å². The first kappa shape index (κ1) is 33.3. The molecule has 0 fully saturated rings. The van der Waals surface area contributed by atoms with Crippen LogP contribution in [-0.4, -0.2) is 24.1 Å². The fourth-order valence-corrected chi connectivity index (χ4v) is 9.79. The Morgan fingerprint density at radius 1 is 0.339 bits per heavy atom. The summed E-state index contributed by atoms with van der Waals surface area (Å²) in [6.07, 6.45) is 0. The van der Waals surface area contributed by atoms with E-state index in [0.717, 1.165) is 98.9 Å². The van der Waals surface area contributed by atoms with Crippen LogP contribution in [0.3, 0.4) is 0 Å². The van der Waals surface area contributed by atoms with Gasteiger partial charge in [-0.05, 0) is 71.4 Å². The Hall–Kier alpha value is -8.55. The molecule has 0 aliphatic rings. The zero-order valence-electron chi connectivity index (χ0n) is 33.0. The van der Waals surface area contributed by atoms with Gasteiger partial charge in [0.2, 0.25) is 5.95 Å². The lowest BCUT2D eigenvalue weighted by atomic mass is 10.1. The molecule has 14 aromatic rings. The highest BCUT2D eigenvalue weighted by atomic mass is 16.3. The molecule has 5 aromatic heterocycles. The van der Waals surface area contributed by atoms with Crippen molar-refractivity contribution in [1.29, 1.82) is 0 Å². The van der Waals surface area contributed by atoms with Crippen molar-refractivity contribution >= 4 is 98.3 Å². The molecule has 14 rings (SSSR count). The standard InChI is InChI=1S/C55H31N5O2/c1-2-15-33-30-47-42(28-32(33)14-1)37-18-5-8-23-44(37)59(47)48-31-34(29-43-39-20-7-12-27-50(39)62-52(43)48)53-56-54(41-22-13-21-40-38-19-6-11-26-49(38)61-51(40)41)58-55(57-53)60-45-24-9-3-16-35(45)36-17-4-10-25-46(36)60/h1-31H. The van der Waals surface area contributed by atoms with E-state index in [1.54, 1.807) is 0 Å². The smallest absolute Gasteiger partial charge is 0.238 e. The lowest BCUT2D eigenvalue weighted by molar-refractivity contribution is 0.666. The Kier molecular flexibility index (Phi) is 6.71. The van der Waals surface area contributed by atoms with Crippen LogP contribution in [0.4, 0.5) is 0 Å². The molecule has 288 valence electrons. The van der Waals surface area contributed by atoms with Crippen molar-refractivity contribution in [3.8, 4) is 34.4 Å². The molecule has 0 aliphatic carbocycles. The van der Waals surface area contributed by atoms with Crippen LogP contribution in [0.1, 0.15) is 0 Å². The van der Waals surface area contributed by atoms with E-state index < -0.39 is 0 Å². The highest BCUT2D eigenvalue weighted by Crippen LogP contribution is 2.42. The van der Waals surface area contributed by atoms with Gasteiger partial charge in [0.05, 0.1) is 33.3 Å². The quantitative estimate of drug-likeness (QED) is 0.177. The Balaban J connectivity index is 1.11. The Morgan fingerprint density at radius 3 is 1.58 bits per heavy atom. The summed E-state index contributed by atoms with van der Waals surface area (Å²) in [7, 11) is 0. The van der Waals surface area contributed by atoms with Crippen molar-refractivity contribution in [3.05, 3.63) is 188 Å². The number of hydrogen-bond acceptors (Lipinski definition) is 5. The van der Waals surface area contributed by atoms with Crippen LogP contribution in [0.5, 0.6) is 0 Å². The first-order valence-corrected chi connectivity index (χ1v) is 20.8. The molecule has 0 bridgehead atoms. The predicted molar refractivity (Wildman–Crippen MR) is 251 cm³/mol. The van der Waals surface area contributed by atoms with Gasteiger partial charge >= 0.3 is 0 Å². The van der Waals surface area contributed by atoms with E-state index in [9.17, 15) is 0 Å².